The van der Waals surface area contributed by atoms with Crippen molar-refractivity contribution in [1.82, 2.24) is 0 Å². The van der Waals surface area contributed by atoms with E-state index in [1.165, 1.54) is 20.1 Å². The van der Waals surface area contributed by atoms with Gasteiger partial charge in [-0.15, -0.1) is 0 Å². The predicted octanol–water partition coefficient (Wildman–Crippen LogP) is 3.15. The van der Waals surface area contributed by atoms with E-state index in [1.54, 1.807) is 18.2 Å². The van der Waals surface area contributed by atoms with E-state index in [4.69, 9.17) is 16.0 Å². The molecule has 0 aliphatic heterocycles. The zero-order valence-corrected chi connectivity index (χ0v) is 12.5. The van der Waals surface area contributed by atoms with Crippen molar-refractivity contribution in [2.75, 3.05) is 12.4 Å². The second-order valence-electron chi connectivity index (χ2n) is 4.31. The fourth-order valence-corrected chi connectivity index (χ4v) is 2.08. The van der Waals surface area contributed by atoms with E-state index in [2.05, 4.69) is 10.1 Å². The van der Waals surface area contributed by atoms with Crippen molar-refractivity contribution in [3.05, 3.63) is 51.7 Å². The molecule has 0 fully saturated rings. The van der Waals surface area contributed by atoms with E-state index in [0.29, 0.717) is 10.6 Å². The van der Waals surface area contributed by atoms with Gasteiger partial charge in [-0.25, -0.2) is 4.79 Å². The number of anilines is 1. The first-order valence-corrected chi connectivity index (χ1v) is 6.54. The Morgan fingerprint density at radius 3 is 2.73 bits per heavy atom. The number of rotatable bonds is 3. The third kappa shape index (κ3) is 2.95. The average molecular weight is 319 g/mol. The highest BCUT2D eigenvalue weighted by atomic mass is 35.5. The van der Waals surface area contributed by atoms with Crippen LogP contribution in [0.5, 0.6) is 0 Å². The fraction of sp³-hybridized carbons (Fsp3) is 0.133. The fourth-order valence-electron chi connectivity index (χ4n) is 1.89. The molecule has 0 aliphatic carbocycles. The van der Waals surface area contributed by atoms with Crippen LogP contribution in [0.15, 0.2) is 28.7 Å². The summed E-state index contributed by atoms with van der Waals surface area (Å²) in [4.78, 5) is 23.8. The summed E-state index contributed by atoms with van der Waals surface area (Å²) in [5, 5.41) is 12.0. The van der Waals surface area contributed by atoms with Crippen LogP contribution in [-0.4, -0.2) is 19.0 Å². The van der Waals surface area contributed by atoms with Gasteiger partial charge in [-0.2, -0.15) is 5.26 Å². The Labute approximate surface area is 131 Å². The Balaban J connectivity index is 2.37. The molecule has 0 radical (unpaired) electrons. The molecule has 7 heteroatoms. The van der Waals surface area contributed by atoms with Crippen LogP contribution in [0.25, 0.3) is 0 Å². The van der Waals surface area contributed by atoms with Crippen LogP contribution in [0.2, 0.25) is 5.02 Å². The summed E-state index contributed by atoms with van der Waals surface area (Å²) in [6.45, 7) is 1.50. The smallest absolute Gasteiger partial charge is 0.342 e. The van der Waals surface area contributed by atoms with Crippen molar-refractivity contribution in [2.45, 2.75) is 6.92 Å². The van der Waals surface area contributed by atoms with Crippen LogP contribution in [0.1, 0.15) is 32.0 Å². The Kier molecular flexibility index (Phi) is 4.49. The van der Waals surface area contributed by atoms with Crippen LogP contribution in [0.4, 0.5) is 5.88 Å². The number of benzene rings is 1. The molecule has 22 heavy (non-hydrogen) atoms. The third-order valence-electron chi connectivity index (χ3n) is 2.90. The van der Waals surface area contributed by atoms with Crippen LogP contribution < -0.4 is 5.32 Å². The van der Waals surface area contributed by atoms with Crippen molar-refractivity contribution in [2.24, 2.45) is 0 Å². The lowest BCUT2D eigenvalue weighted by molar-refractivity contribution is 0.0598. The van der Waals surface area contributed by atoms with E-state index in [9.17, 15) is 14.9 Å². The lowest BCUT2D eigenvalue weighted by Crippen LogP contribution is -2.12. The van der Waals surface area contributed by atoms with Crippen molar-refractivity contribution >= 4 is 29.4 Å². The lowest BCUT2D eigenvalue weighted by atomic mass is 10.1. The molecule has 1 aromatic heterocycles. The monoisotopic (exact) mass is 318 g/mol. The summed E-state index contributed by atoms with van der Waals surface area (Å²) in [6.07, 6.45) is 0. The number of furan rings is 1. The number of nitrogens with zero attached hydrogens (tertiary/aromatic N) is 1. The quantitative estimate of drug-likeness (QED) is 0.877. The number of ether oxygens (including phenoxy) is 1. The summed E-state index contributed by atoms with van der Waals surface area (Å²) >= 11 is 5.82. The molecule has 1 N–H and O–H groups in total. The second-order valence-corrected chi connectivity index (χ2v) is 4.74. The highest BCUT2D eigenvalue weighted by Gasteiger charge is 2.25. The Hall–Kier alpha value is -2.78. The van der Waals surface area contributed by atoms with Gasteiger partial charge < -0.3 is 9.15 Å². The first-order valence-electron chi connectivity index (χ1n) is 6.16. The second kappa shape index (κ2) is 6.33. The van der Waals surface area contributed by atoms with E-state index >= 15 is 0 Å². The molecule has 0 spiro atoms. The summed E-state index contributed by atoms with van der Waals surface area (Å²) in [7, 11) is 1.19. The van der Waals surface area contributed by atoms with E-state index < -0.39 is 11.9 Å². The molecule has 0 unspecified atom stereocenters. The minimum absolute atomic E-state index is 0.00797. The summed E-state index contributed by atoms with van der Waals surface area (Å²) < 4.78 is 9.89. The molecule has 0 saturated carbocycles. The molecule has 2 aromatic rings. The maximum Gasteiger partial charge on any atom is 0.342 e. The number of nitrogens with one attached hydrogen (secondary N) is 1. The van der Waals surface area contributed by atoms with Gasteiger partial charge >= 0.3 is 5.97 Å². The van der Waals surface area contributed by atoms with Crippen molar-refractivity contribution in [3.63, 3.8) is 0 Å². The third-order valence-corrected chi connectivity index (χ3v) is 3.13. The van der Waals surface area contributed by atoms with Crippen LogP contribution >= 0.6 is 11.6 Å². The zero-order chi connectivity index (χ0) is 16.3. The molecule has 112 valence electrons. The van der Waals surface area contributed by atoms with E-state index in [1.807, 2.05) is 6.07 Å². The number of hydrogen-bond acceptors (Lipinski definition) is 5. The molecular weight excluding hydrogens is 308 g/mol. The number of carbonyl (C=O) groups is 2. The number of aryl methyl sites for hydroxylation is 1. The van der Waals surface area contributed by atoms with Gasteiger partial charge in [0.25, 0.3) is 5.91 Å². The Bertz CT molecular complexity index is 789. The van der Waals surface area contributed by atoms with Crippen molar-refractivity contribution < 1.29 is 18.7 Å². The Morgan fingerprint density at radius 1 is 1.41 bits per heavy atom. The standard InChI is InChI=1S/C15H11ClN2O4/c1-8-12(15(20)21-2)11(7-17)14(22-8)18-13(19)9-4-3-5-10(16)6-9/h3-6H,1-2H3,(H,18,19). The Morgan fingerprint density at radius 2 is 2.14 bits per heavy atom. The highest BCUT2D eigenvalue weighted by Crippen LogP contribution is 2.27. The number of halogens is 1. The molecule has 6 nitrogen and oxygen atoms in total. The van der Waals surface area contributed by atoms with Gasteiger partial charge in [0, 0.05) is 10.6 Å². The predicted molar refractivity (Wildman–Crippen MR) is 78.9 cm³/mol. The number of methoxy groups -OCH3 is 1. The van der Waals surface area contributed by atoms with Crippen LogP contribution in [-0.2, 0) is 4.74 Å². The highest BCUT2D eigenvalue weighted by molar-refractivity contribution is 6.31. The first-order chi connectivity index (χ1) is 10.5. The van der Waals surface area contributed by atoms with Crippen LogP contribution in [0.3, 0.4) is 0 Å². The number of nitriles is 1. The molecule has 0 saturated heterocycles. The molecule has 1 heterocycles. The van der Waals surface area contributed by atoms with Crippen LogP contribution in [0, 0.1) is 18.3 Å². The van der Waals surface area contributed by atoms with Gasteiger partial charge in [-0.05, 0) is 25.1 Å². The minimum atomic E-state index is -0.707. The van der Waals surface area contributed by atoms with E-state index in [0.717, 1.165) is 0 Å². The molecule has 1 aromatic carbocycles. The summed E-state index contributed by atoms with van der Waals surface area (Å²) in [5.74, 6) is -1.14. The molecule has 0 aliphatic rings. The van der Waals surface area contributed by atoms with Gasteiger partial charge in [0.2, 0.25) is 5.88 Å². The minimum Gasteiger partial charge on any atom is -0.465 e. The van der Waals surface area contributed by atoms with Gasteiger partial charge in [0.1, 0.15) is 23.0 Å². The topological polar surface area (TPSA) is 92.3 Å². The summed E-state index contributed by atoms with van der Waals surface area (Å²) in [5.41, 5.74) is 0.205. The number of hydrogen-bond donors (Lipinski definition) is 1. The normalized spacial score (nSPS) is 9.91. The van der Waals surface area contributed by atoms with Gasteiger partial charge in [-0.3, -0.25) is 10.1 Å². The molecule has 0 bridgehead atoms. The van der Waals surface area contributed by atoms with E-state index in [-0.39, 0.29) is 22.8 Å². The zero-order valence-electron chi connectivity index (χ0n) is 11.8. The van der Waals surface area contributed by atoms with Gasteiger partial charge in [-0.1, -0.05) is 17.7 Å². The number of esters is 1. The summed E-state index contributed by atoms with van der Waals surface area (Å²) in [6, 6.07) is 8.12. The molecule has 1 amide bonds. The average Bonchev–Trinajstić information content (AvgIpc) is 2.81. The van der Waals surface area contributed by atoms with Gasteiger partial charge in [0.05, 0.1) is 7.11 Å². The molecule has 2 rings (SSSR count). The van der Waals surface area contributed by atoms with Crippen molar-refractivity contribution in [3.8, 4) is 6.07 Å². The maximum atomic E-state index is 12.1. The number of amides is 1. The lowest BCUT2D eigenvalue weighted by Gasteiger charge is -2.03. The van der Waals surface area contributed by atoms with Gasteiger partial charge in [0.15, 0.2) is 0 Å². The first kappa shape index (κ1) is 15.6. The SMILES string of the molecule is COC(=O)c1c(C)oc(NC(=O)c2cccc(Cl)c2)c1C#N. The molecular formula is C15H11ClN2O4. The largest absolute Gasteiger partial charge is 0.465 e. The maximum absolute atomic E-state index is 12.1. The molecule has 0 atom stereocenters. The number of carbonyl (C=O) groups excluding carboxylic acids is 2. The van der Waals surface area contributed by atoms with Crippen molar-refractivity contribution in [1.29, 1.82) is 5.26 Å².